The fourth-order valence-corrected chi connectivity index (χ4v) is 2.31. The van der Waals surface area contributed by atoms with Gasteiger partial charge in [-0.2, -0.15) is 5.48 Å². The van der Waals surface area contributed by atoms with E-state index in [2.05, 4.69) is 26.7 Å². The van der Waals surface area contributed by atoms with Crippen LogP contribution in [-0.2, 0) is 4.74 Å². The monoisotopic (exact) mass is 342 g/mol. The molecule has 1 aromatic carbocycles. The highest BCUT2D eigenvalue weighted by molar-refractivity contribution is 9.10. The van der Waals surface area contributed by atoms with Crippen molar-refractivity contribution < 1.29 is 14.4 Å². The van der Waals surface area contributed by atoms with Gasteiger partial charge >= 0.3 is 6.09 Å². The van der Waals surface area contributed by atoms with Crippen molar-refractivity contribution in [3.63, 3.8) is 0 Å². The molecular formula is C14H19BrN2O3. The summed E-state index contributed by atoms with van der Waals surface area (Å²) in [5.74, 6) is 0.706. The number of rotatable bonds is 1. The van der Waals surface area contributed by atoms with Crippen LogP contribution in [0.3, 0.4) is 0 Å². The Morgan fingerprint density at radius 2 is 2.25 bits per heavy atom. The first-order valence-electron chi connectivity index (χ1n) is 6.54. The second kappa shape index (κ2) is 6.01. The molecule has 1 amide bonds. The van der Waals surface area contributed by atoms with E-state index in [0.717, 1.165) is 16.5 Å². The normalized spacial score (nSPS) is 18.5. The average Bonchev–Trinajstić information content (AvgIpc) is 2.49. The zero-order chi connectivity index (χ0) is 14.8. The van der Waals surface area contributed by atoms with Gasteiger partial charge in [-0.15, -0.1) is 0 Å². The Hall–Kier alpha value is -1.27. The van der Waals surface area contributed by atoms with Crippen molar-refractivity contribution in [2.75, 3.05) is 6.54 Å². The Bertz CT molecular complexity index is 500. The third kappa shape index (κ3) is 4.11. The molecule has 0 spiro atoms. The summed E-state index contributed by atoms with van der Waals surface area (Å²) in [6.07, 6.45) is 0.312. The van der Waals surface area contributed by atoms with Gasteiger partial charge in [-0.25, -0.2) is 4.79 Å². The van der Waals surface area contributed by atoms with E-state index < -0.39 is 11.7 Å². The van der Waals surface area contributed by atoms with E-state index in [1.807, 2.05) is 39.0 Å². The van der Waals surface area contributed by atoms with Gasteiger partial charge in [0.2, 0.25) is 0 Å². The van der Waals surface area contributed by atoms with Crippen LogP contribution >= 0.6 is 15.9 Å². The van der Waals surface area contributed by atoms with Gasteiger partial charge in [0, 0.05) is 16.6 Å². The second-order valence-electron chi connectivity index (χ2n) is 5.67. The van der Waals surface area contributed by atoms with Crippen molar-refractivity contribution in [2.45, 2.75) is 38.8 Å². The number of alkyl carbamates (subject to hydrolysis) is 1. The van der Waals surface area contributed by atoms with Crippen LogP contribution < -0.4 is 15.6 Å². The summed E-state index contributed by atoms with van der Waals surface area (Å²) < 4.78 is 6.23. The molecule has 0 fully saturated rings. The van der Waals surface area contributed by atoms with Gasteiger partial charge in [-0.3, -0.25) is 0 Å². The highest BCUT2D eigenvalue weighted by atomic mass is 79.9. The number of hydrogen-bond acceptors (Lipinski definition) is 4. The lowest BCUT2D eigenvalue weighted by Crippen LogP contribution is -2.35. The first-order valence-corrected chi connectivity index (χ1v) is 7.33. The van der Waals surface area contributed by atoms with Gasteiger partial charge in [0.25, 0.3) is 0 Å². The van der Waals surface area contributed by atoms with Gasteiger partial charge in [-0.05, 0) is 39.3 Å². The molecule has 1 atom stereocenters. The summed E-state index contributed by atoms with van der Waals surface area (Å²) in [5, 5.41) is 2.89. The molecule has 2 N–H and O–H groups in total. The van der Waals surface area contributed by atoms with Crippen LogP contribution in [0.4, 0.5) is 4.79 Å². The smallest absolute Gasteiger partial charge is 0.408 e. The van der Waals surface area contributed by atoms with Crippen molar-refractivity contribution in [3.8, 4) is 5.75 Å². The summed E-state index contributed by atoms with van der Waals surface area (Å²) >= 11 is 3.41. The number of ether oxygens (including phenoxy) is 1. The molecule has 0 bridgehead atoms. The Kier molecular flexibility index (Phi) is 4.55. The molecule has 0 aliphatic carbocycles. The predicted octanol–water partition coefficient (Wildman–Crippen LogP) is 3.30. The predicted molar refractivity (Wildman–Crippen MR) is 79.5 cm³/mol. The number of benzene rings is 1. The number of hydrogen-bond donors (Lipinski definition) is 2. The Morgan fingerprint density at radius 1 is 1.50 bits per heavy atom. The Labute approximate surface area is 127 Å². The van der Waals surface area contributed by atoms with Gasteiger partial charge in [-0.1, -0.05) is 22.0 Å². The van der Waals surface area contributed by atoms with Crippen molar-refractivity contribution in [2.24, 2.45) is 0 Å². The number of hydroxylamine groups is 1. The third-order valence-electron chi connectivity index (χ3n) is 2.76. The molecule has 0 saturated heterocycles. The number of halogens is 1. The standard InChI is InChI=1S/C14H19BrN2O3/c1-14(2,3)19-13(18)17-11-6-7-16-20-12-8-9(15)4-5-10(11)12/h4-5,8,11,16H,6-7H2,1-3H3,(H,17,18). The molecule has 2 rings (SSSR count). The topological polar surface area (TPSA) is 59.6 Å². The SMILES string of the molecule is CC(C)(C)OC(=O)NC1CCNOc2cc(Br)ccc21. The van der Waals surface area contributed by atoms with Crippen LogP contribution in [0.15, 0.2) is 22.7 Å². The molecule has 1 heterocycles. The van der Waals surface area contributed by atoms with Crippen LogP contribution in [0.5, 0.6) is 5.75 Å². The summed E-state index contributed by atoms with van der Waals surface area (Å²) in [6.45, 7) is 6.17. The van der Waals surface area contributed by atoms with Crippen molar-refractivity contribution in [1.82, 2.24) is 10.8 Å². The van der Waals surface area contributed by atoms with E-state index in [-0.39, 0.29) is 6.04 Å². The summed E-state index contributed by atoms with van der Waals surface area (Å²) in [4.78, 5) is 17.4. The fraction of sp³-hybridized carbons (Fsp3) is 0.500. The highest BCUT2D eigenvalue weighted by Gasteiger charge is 2.24. The van der Waals surface area contributed by atoms with Gasteiger partial charge < -0.3 is 14.9 Å². The lowest BCUT2D eigenvalue weighted by Gasteiger charge is -2.23. The highest BCUT2D eigenvalue weighted by Crippen LogP contribution is 2.31. The molecule has 0 saturated carbocycles. The lowest BCUT2D eigenvalue weighted by molar-refractivity contribution is 0.0501. The maximum absolute atomic E-state index is 11.9. The van der Waals surface area contributed by atoms with Crippen LogP contribution in [0.2, 0.25) is 0 Å². The summed E-state index contributed by atoms with van der Waals surface area (Å²) in [7, 11) is 0. The first kappa shape index (κ1) is 15.1. The van der Waals surface area contributed by atoms with Crippen LogP contribution in [0.1, 0.15) is 38.8 Å². The Morgan fingerprint density at radius 3 is 2.95 bits per heavy atom. The van der Waals surface area contributed by atoms with E-state index in [1.165, 1.54) is 0 Å². The van der Waals surface area contributed by atoms with Gasteiger partial charge in [0.15, 0.2) is 5.75 Å². The van der Waals surface area contributed by atoms with Crippen LogP contribution in [-0.4, -0.2) is 18.2 Å². The molecule has 1 unspecified atom stereocenters. The second-order valence-corrected chi connectivity index (χ2v) is 6.58. The number of fused-ring (bicyclic) bond motifs is 1. The lowest BCUT2D eigenvalue weighted by atomic mass is 10.0. The summed E-state index contributed by atoms with van der Waals surface area (Å²) in [5.41, 5.74) is 3.30. The van der Waals surface area contributed by atoms with E-state index in [0.29, 0.717) is 12.3 Å². The van der Waals surface area contributed by atoms with E-state index in [1.54, 1.807) is 0 Å². The van der Waals surface area contributed by atoms with Crippen LogP contribution in [0.25, 0.3) is 0 Å². The van der Waals surface area contributed by atoms with E-state index in [9.17, 15) is 4.79 Å². The molecule has 1 aliphatic heterocycles. The zero-order valence-corrected chi connectivity index (χ0v) is 13.4. The molecule has 0 radical (unpaired) electrons. The number of carbonyl (C=O) groups excluding carboxylic acids is 1. The van der Waals surface area contributed by atoms with E-state index >= 15 is 0 Å². The average molecular weight is 343 g/mol. The molecule has 5 nitrogen and oxygen atoms in total. The minimum atomic E-state index is -0.508. The van der Waals surface area contributed by atoms with Crippen molar-refractivity contribution in [3.05, 3.63) is 28.2 Å². The van der Waals surface area contributed by atoms with Crippen LogP contribution in [0, 0.1) is 0 Å². The number of nitrogens with one attached hydrogen (secondary N) is 2. The minimum Gasteiger partial charge on any atom is -0.444 e. The molecule has 20 heavy (non-hydrogen) atoms. The van der Waals surface area contributed by atoms with Gasteiger partial charge in [0.1, 0.15) is 5.60 Å². The number of amides is 1. The third-order valence-corrected chi connectivity index (χ3v) is 3.25. The minimum absolute atomic E-state index is 0.136. The van der Waals surface area contributed by atoms with Crippen molar-refractivity contribution >= 4 is 22.0 Å². The molecule has 1 aromatic rings. The summed E-state index contributed by atoms with van der Waals surface area (Å²) in [6, 6.07) is 5.60. The maximum atomic E-state index is 11.9. The van der Waals surface area contributed by atoms with Gasteiger partial charge in [0.05, 0.1) is 6.04 Å². The molecular weight excluding hydrogens is 324 g/mol. The maximum Gasteiger partial charge on any atom is 0.408 e. The fourth-order valence-electron chi connectivity index (χ4n) is 1.97. The van der Waals surface area contributed by atoms with E-state index in [4.69, 9.17) is 9.57 Å². The molecule has 0 aromatic heterocycles. The molecule has 1 aliphatic rings. The largest absolute Gasteiger partial charge is 0.444 e. The quantitative estimate of drug-likeness (QED) is 0.821. The molecule has 110 valence electrons. The molecule has 6 heteroatoms. The Balaban J connectivity index is 2.14. The number of carbonyl (C=O) groups is 1. The van der Waals surface area contributed by atoms with Crippen molar-refractivity contribution in [1.29, 1.82) is 0 Å². The zero-order valence-electron chi connectivity index (χ0n) is 11.8. The first-order chi connectivity index (χ1) is 9.35.